The highest BCUT2D eigenvalue weighted by molar-refractivity contribution is 5.91. The van der Waals surface area contributed by atoms with Gasteiger partial charge in [-0.15, -0.1) is 0 Å². The van der Waals surface area contributed by atoms with Crippen molar-refractivity contribution in [2.24, 2.45) is 5.92 Å². The lowest BCUT2D eigenvalue weighted by molar-refractivity contribution is -0.402. The number of furan rings is 1. The number of hydrogen-bond donors (Lipinski definition) is 1. The molecule has 0 aromatic carbocycles. The monoisotopic (exact) mass is 254 g/mol. The molecule has 1 N–H and O–H groups in total. The van der Waals surface area contributed by atoms with E-state index in [1.807, 2.05) is 0 Å². The third kappa shape index (κ3) is 2.51. The molecule has 18 heavy (non-hydrogen) atoms. The van der Waals surface area contributed by atoms with Crippen molar-refractivity contribution in [2.75, 3.05) is 13.6 Å². The summed E-state index contributed by atoms with van der Waals surface area (Å²) in [6.07, 6.45) is 1.12. The van der Waals surface area contributed by atoms with Gasteiger partial charge in [0.05, 0.1) is 12.2 Å². The van der Waals surface area contributed by atoms with Gasteiger partial charge in [0, 0.05) is 13.6 Å². The highest BCUT2D eigenvalue weighted by Gasteiger charge is 2.30. The zero-order chi connectivity index (χ0) is 13.3. The Bertz CT molecular complexity index is 464. The number of carbonyl (C=O) groups excluding carboxylic acids is 1. The fourth-order valence-electron chi connectivity index (χ4n) is 2.05. The quantitative estimate of drug-likeness (QED) is 0.639. The largest absolute Gasteiger partial charge is 0.433 e. The maximum atomic E-state index is 11.9. The Morgan fingerprint density at radius 1 is 1.61 bits per heavy atom. The van der Waals surface area contributed by atoms with Gasteiger partial charge in [0.1, 0.15) is 4.92 Å². The summed E-state index contributed by atoms with van der Waals surface area (Å²) in [4.78, 5) is 23.1. The van der Waals surface area contributed by atoms with Gasteiger partial charge in [0.25, 0.3) is 5.91 Å². The molecule has 7 heteroatoms. The first-order valence-electron chi connectivity index (χ1n) is 5.65. The SMILES string of the molecule is CN(CC1CC(O)C1)C(=O)c1ccc([N+](=O)[O-])o1. The second kappa shape index (κ2) is 4.77. The van der Waals surface area contributed by atoms with Crippen LogP contribution in [-0.2, 0) is 0 Å². The smallest absolute Gasteiger partial charge is 0.395 e. The van der Waals surface area contributed by atoms with Crippen LogP contribution in [0.5, 0.6) is 0 Å². The Balaban J connectivity index is 1.94. The molecule has 0 atom stereocenters. The minimum atomic E-state index is -0.681. The Labute approximate surface area is 103 Å². The van der Waals surface area contributed by atoms with Gasteiger partial charge in [-0.05, 0) is 24.8 Å². The van der Waals surface area contributed by atoms with Gasteiger partial charge in [0.15, 0.2) is 5.76 Å². The number of aliphatic hydroxyl groups excluding tert-OH is 1. The van der Waals surface area contributed by atoms with Crippen LogP contribution in [0.15, 0.2) is 16.5 Å². The third-order valence-corrected chi connectivity index (χ3v) is 3.07. The molecule has 98 valence electrons. The maximum absolute atomic E-state index is 11.9. The van der Waals surface area contributed by atoms with E-state index >= 15 is 0 Å². The summed E-state index contributed by atoms with van der Waals surface area (Å²) in [5.74, 6) is -0.571. The molecule has 0 radical (unpaired) electrons. The molecular formula is C11H14N2O5. The number of nitro groups is 1. The zero-order valence-corrected chi connectivity index (χ0v) is 9.91. The van der Waals surface area contributed by atoms with E-state index in [9.17, 15) is 14.9 Å². The van der Waals surface area contributed by atoms with Crippen molar-refractivity contribution in [1.82, 2.24) is 4.90 Å². The van der Waals surface area contributed by atoms with Crippen LogP contribution in [0, 0.1) is 16.0 Å². The molecule has 1 saturated carbocycles. The number of hydrogen-bond acceptors (Lipinski definition) is 5. The van der Waals surface area contributed by atoms with Crippen molar-refractivity contribution in [3.8, 4) is 0 Å². The lowest BCUT2D eigenvalue weighted by Gasteiger charge is -2.34. The highest BCUT2D eigenvalue weighted by Crippen LogP contribution is 2.28. The van der Waals surface area contributed by atoms with Crippen LogP contribution < -0.4 is 0 Å². The number of aliphatic hydroxyl groups is 1. The van der Waals surface area contributed by atoms with Crippen LogP contribution in [-0.4, -0.2) is 40.5 Å². The summed E-state index contributed by atoms with van der Waals surface area (Å²) >= 11 is 0. The van der Waals surface area contributed by atoms with Gasteiger partial charge in [-0.3, -0.25) is 14.9 Å². The number of rotatable bonds is 4. The summed E-state index contributed by atoms with van der Waals surface area (Å²) < 4.78 is 4.84. The lowest BCUT2D eigenvalue weighted by Crippen LogP contribution is -2.39. The van der Waals surface area contributed by atoms with E-state index in [4.69, 9.17) is 9.52 Å². The van der Waals surface area contributed by atoms with Crippen molar-refractivity contribution in [3.63, 3.8) is 0 Å². The predicted molar refractivity (Wildman–Crippen MR) is 61.1 cm³/mol. The van der Waals surface area contributed by atoms with E-state index in [0.717, 1.165) is 6.07 Å². The van der Waals surface area contributed by atoms with Crippen LogP contribution in [0.4, 0.5) is 5.88 Å². The second-order valence-corrected chi connectivity index (χ2v) is 4.57. The first-order chi connectivity index (χ1) is 8.47. The fraction of sp³-hybridized carbons (Fsp3) is 0.545. The number of nitrogens with zero attached hydrogens (tertiary/aromatic N) is 2. The van der Waals surface area contributed by atoms with Gasteiger partial charge in [-0.2, -0.15) is 0 Å². The average molecular weight is 254 g/mol. The summed E-state index contributed by atoms with van der Waals surface area (Å²) in [5.41, 5.74) is 0. The summed E-state index contributed by atoms with van der Waals surface area (Å²) in [6.45, 7) is 0.518. The van der Waals surface area contributed by atoms with Gasteiger partial charge in [-0.1, -0.05) is 0 Å². The third-order valence-electron chi connectivity index (χ3n) is 3.07. The van der Waals surface area contributed by atoms with Crippen molar-refractivity contribution < 1.29 is 19.2 Å². The Morgan fingerprint density at radius 3 is 2.78 bits per heavy atom. The van der Waals surface area contributed by atoms with E-state index in [-0.39, 0.29) is 17.8 Å². The first kappa shape index (κ1) is 12.6. The average Bonchev–Trinajstić information content (AvgIpc) is 2.75. The molecule has 1 amide bonds. The minimum Gasteiger partial charge on any atom is -0.395 e. The van der Waals surface area contributed by atoms with Crippen molar-refractivity contribution >= 4 is 11.8 Å². The van der Waals surface area contributed by atoms with Crippen LogP contribution >= 0.6 is 0 Å². The van der Waals surface area contributed by atoms with E-state index in [0.29, 0.717) is 25.3 Å². The molecule has 0 spiro atoms. The van der Waals surface area contributed by atoms with E-state index in [1.165, 1.54) is 11.0 Å². The normalized spacial score (nSPS) is 22.3. The summed E-state index contributed by atoms with van der Waals surface area (Å²) in [7, 11) is 1.61. The Hall–Kier alpha value is -1.89. The molecule has 1 aromatic heterocycles. The fourth-order valence-corrected chi connectivity index (χ4v) is 2.05. The molecule has 0 unspecified atom stereocenters. The van der Waals surface area contributed by atoms with Crippen molar-refractivity contribution in [3.05, 3.63) is 28.0 Å². The van der Waals surface area contributed by atoms with Crippen LogP contribution in [0.3, 0.4) is 0 Å². The first-order valence-corrected chi connectivity index (χ1v) is 5.65. The predicted octanol–water partition coefficient (Wildman–Crippen LogP) is 1.03. The molecule has 0 bridgehead atoms. The van der Waals surface area contributed by atoms with Crippen LogP contribution in [0.25, 0.3) is 0 Å². The lowest BCUT2D eigenvalue weighted by atomic mass is 9.82. The zero-order valence-electron chi connectivity index (χ0n) is 9.91. The molecule has 1 heterocycles. The van der Waals surface area contributed by atoms with Gasteiger partial charge in [0.2, 0.25) is 0 Å². The molecule has 2 rings (SSSR count). The molecule has 1 aliphatic rings. The minimum absolute atomic E-state index is 0.0379. The molecule has 1 aliphatic carbocycles. The standard InChI is InChI=1S/C11H14N2O5/c1-12(6-7-4-8(14)5-7)11(15)9-2-3-10(18-9)13(16)17/h2-3,7-8,14H,4-6H2,1H3. The summed E-state index contributed by atoms with van der Waals surface area (Å²) in [5, 5.41) is 19.6. The number of carbonyl (C=O) groups is 1. The topological polar surface area (TPSA) is 96.8 Å². The molecule has 7 nitrogen and oxygen atoms in total. The molecule has 1 fully saturated rings. The van der Waals surface area contributed by atoms with Crippen molar-refractivity contribution in [2.45, 2.75) is 18.9 Å². The molecule has 0 saturated heterocycles. The van der Waals surface area contributed by atoms with E-state index < -0.39 is 10.8 Å². The Kier molecular flexibility index (Phi) is 3.33. The highest BCUT2D eigenvalue weighted by atomic mass is 16.6. The summed E-state index contributed by atoms with van der Waals surface area (Å²) in [6, 6.07) is 2.46. The van der Waals surface area contributed by atoms with E-state index in [2.05, 4.69) is 0 Å². The number of amides is 1. The molecular weight excluding hydrogens is 240 g/mol. The second-order valence-electron chi connectivity index (χ2n) is 4.57. The van der Waals surface area contributed by atoms with Gasteiger partial charge < -0.3 is 14.4 Å². The van der Waals surface area contributed by atoms with Crippen LogP contribution in [0.1, 0.15) is 23.4 Å². The van der Waals surface area contributed by atoms with Crippen molar-refractivity contribution in [1.29, 1.82) is 0 Å². The molecule has 1 aromatic rings. The van der Waals surface area contributed by atoms with Gasteiger partial charge >= 0.3 is 5.88 Å². The van der Waals surface area contributed by atoms with E-state index in [1.54, 1.807) is 7.05 Å². The Morgan fingerprint density at radius 2 is 2.28 bits per heavy atom. The maximum Gasteiger partial charge on any atom is 0.433 e. The molecule has 0 aliphatic heterocycles. The van der Waals surface area contributed by atoms with Gasteiger partial charge in [-0.25, -0.2) is 0 Å². The van der Waals surface area contributed by atoms with Crippen LogP contribution in [0.2, 0.25) is 0 Å².